The summed E-state index contributed by atoms with van der Waals surface area (Å²) in [6.07, 6.45) is 0. The average Bonchev–Trinajstić information content (AvgIpc) is 2.66. The van der Waals surface area contributed by atoms with E-state index < -0.39 is 28.5 Å². The van der Waals surface area contributed by atoms with Gasteiger partial charge < -0.3 is 19.9 Å². The molecule has 9 nitrogen and oxygen atoms in total. The maximum absolute atomic E-state index is 12.7. The first-order valence-corrected chi connectivity index (χ1v) is 9.32. The number of rotatable bonds is 6. The fourth-order valence-electron chi connectivity index (χ4n) is 2.36. The highest BCUT2D eigenvalue weighted by molar-refractivity contribution is 7.92. The summed E-state index contributed by atoms with van der Waals surface area (Å²) < 4.78 is 43.2. The topological polar surface area (TPSA) is 134 Å². The molecule has 3 rings (SSSR count). The van der Waals surface area contributed by atoms with E-state index in [0.717, 1.165) is 0 Å². The highest BCUT2D eigenvalue weighted by atomic mass is 32.2. The standard InChI is InChI=1S/C17H16N2O7S/c18-16(20)10-26-17(21)12-3-1-2-4-13(12)19-27(22,23)11-5-6-14-15(9-11)25-8-7-24-14/h1-6,9,19H,7-8,10H2,(H2,18,20). The summed E-state index contributed by atoms with van der Waals surface area (Å²) in [4.78, 5) is 22.8. The molecule has 0 unspecified atom stereocenters. The highest BCUT2D eigenvalue weighted by Crippen LogP contribution is 2.33. The Kier molecular flexibility index (Phi) is 5.17. The van der Waals surface area contributed by atoms with Crippen LogP contribution in [0, 0.1) is 0 Å². The minimum atomic E-state index is -4.02. The third kappa shape index (κ3) is 4.29. The smallest absolute Gasteiger partial charge is 0.340 e. The second kappa shape index (κ2) is 7.54. The summed E-state index contributed by atoms with van der Waals surface area (Å²) in [6.45, 7) is 0.0959. The number of sulfonamides is 1. The monoisotopic (exact) mass is 392 g/mol. The van der Waals surface area contributed by atoms with E-state index in [1.165, 1.54) is 36.4 Å². The Morgan fingerprint density at radius 3 is 2.52 bits per heavy atom. The molecule has 0 saturated heterocycles. The van der Waals surface area contributed by atoms with Gasteiger partial charge in [-0.25, -0.2) is 13.2 Å². The highest BCUT2D eigenvalue weighted by Gasteiger charge is 2.22. The molecule has 2 aromatic rings. The molecule has 0 bridgehead atoms. The number of para-hydroxylation sites is 1. The molecule has 2 aromatic carbocycles. The number of nitrogens with one attached hydrogen (secondary N) is 1. The van der Waals surface area contributed by atoms with Crippen LogP contribution < -0.4 is 19.9 Å². The van der Waals surface area contributed by atoms with Gasteiger partial charge in [0, 0.05) is 6.07 Å². The largest absolute Gasteiger partial charge is 0.486 e. The summed E-state index contributed by atoms with van der Waals surface area (Å²) in [5.74, 6) is -0.930. The van der Waals surface area contributed by atoms with Crippen molar-refractivity contribution >= 4 is 27.6 Å². The lowest BCUT2D eigenvalue weighted by Crippen LogP contribution is -2.22. The molecule has 27 heavy (non-hydrogen) atoms. The van der Waals surface area contributed by atoms with Gasteiger partial charge in [0.05, 0.1) is 16.1 Å². The minimum Gasteiger partial charge on any atom is -0.486 e. The first-order chi connectivity index (χ1) is 12.9. The lowest BCUT2D eigenvalue weighted by Gasteiger charge is -2.19. The second-order valence-electron chi connectivity index (χ2n) is 5.50. The number of hydrogen-bond acceptors (Lipinski definition) is 7. The molecule has 0 aliphatic carbocycles. The van der Waals surface area contributed by atoms with Crippen molar-refractivity contribution in [2.45, 2.75) is 4.90 Å². The van der Waals surface area contributed by atoms with Gasteiger partial charge in [-0.3, -0.25) is 9.52 Å². The summed E-state index contributed by atoms with van der Waals surface area (Å²) in [6, 6.07) is 10.0. The fraction of sp³-hybridized carbons (Fsp3) is 0.176. The SMILES string of the molecule is NC(=O)COC(=O)c1ccccc1NS(=O)(=O)c1ccc2c(c1)OCCO2. The number of benzene rings is 2. The van der Waals surface area contributed by atoms with E-state index in [0.29, 0.717) is 24.7 Å². The zero-order valence-electron chi connectivity index (χ0n) is 14.0. The van der Waals surface area contributed by atoms with E-state index in [1.807, 2.05) is 0 Å². The van der Waals surface area contributed by atoms with Crippen molar-refractivity contribution in [3.63, 3.8) is 0 Å². The molecule has 0 aromatic heterocycles. The summed E-state index contributed by atoms with van der Waals surface area (Å²) in [7, 11) is -4.02. The minimum absolute atomic E-state index is 0.00172. The summed E-state index contributed by atoms with van der Waals surface area (Å²) >= 11 is 0. The van der Waals surface area contributed by atoms with Crippen molar-refractivity contribution in [2.75, 3.05) is 24.5 Å². The van der Waals surface area contributed by atoms with Crippen LogP contribution >= 0.6 is 0 Å². The van der Waals surface area contributed by atoms with Crippen LogP contribution in [-0.4, -0.2) is 40.1 Å². The molecular formula is C17H16N2O7S. The van der Waals surface area contributed by atoms with Gasteiger partial charge in [-0.05, 0) is 24.3 Å². The molecule has 3 N–H and O–H groups in total. The number of carbonyl (C=O) groups excluding carboxylic acids is 2. The number of esters is 1. The number of hydrogen-bond donors (Lipinski definition) is 2. The van der Waals surface area contributed by atoms with Crippen molar-refractivity contribution < 1.29 is 32.2 Å². The number of nitrogens with two attached hydrogens (primary N) is 1. The molecule has 1 heterocycles. The van der Waals surface area contributed by atoms with Gasteiger partial charge in [0.2, 0.25) is 0 Å². The van der Waals surface area contributed by atoms with Crippen molar-refractivity contribution in [1.82, 2.24) is 0 Å². The summed E-state index contributed by atoms with van der Waals surface area (Å²) in [5, 5.41) is 0. The third-order valence-electron chi connectivity index (χ3n) is 3.56. The quantitative estimate of drug-likeness (QED) is 0.698. The first kappa shape index (κ1) is 18.5. The number of carbonyl (C=O) groups is 2. The Labute approximate surface area is 155 Å². The number of ether oxygens (including phenoxy) is 3. The Balaban J connectivity index is 1.86. The van der Waals surface area contributed by atoms with Gasteiger partial charge in [0.1, 0.15) is 13.2 Å². The van der Waals surface area contributed by atoms with Gasteiger partial charge in [0.15, 0.2) is 18.1 Å². The van der Waals surface area contributed by atoms with Crippen LogP contribution in [0.5, 0.6) is 11.5 Å². The number of primary amides is 1. The van der Waals surface area contributed by atoms with Crippen LogP contribution in [0.15, 0.2) is 47.4 Å². The number of anilines is 1. The van der Waals surface area contributed by atoms with Crippen molar-refractivity contribution in [1.29, 1.82) is 0 Å². The summed E-state index contributed by atoms with van der Waals surface area (Å²) in [5.41, 5.74) is 4.89. The normalized spacial score (nSPS) is 12.9. The predicted molar refractivity (Wildman–Crippen MR) is 94.2 cm³/mol. The Hall–Kier alpha value is -3.27. The molecular weight excluding hydrogens is 376 g/mol. The molecule has 0 spiro atoms. The van der Waals surface area contributed by atoms with Gasteiger partial charge in [-0.15, -0.1) is 0 Å². The molecule has 0 saturated carbocycles. The van der Waals surface area contributed by atoms with Crippen molar-refractivity contribution in [2.24, 2.45) is 5.73 Å². The fourth-order valence-corrected chi connectivity index (χ4v) is 3.45. The van der Waals surface area contributed by atoms with Crippen molar-refractivity contribution in [3.8, 4) is 11.5 Å². The van der Waals surface area contributed by atoms with Crippen LogP contribution in [0.25, 0.3) is 0 Å². The van der Waals surface area contributed by atoms with Gasteiger partial charge >= 0.3 is 5.97 Å². The molecule has 1 amide bonds. The van der Waals surface area contributed by atoms with E-state index in [4.69, 9.17) is 19.9 Å². The van der Waals surface area contributed by atoms with Crippen LogP contribution in [0.3, 0.4) is 0 Å². The number of fused-ring (bicyclic) bond motifs is 1. The maximum Gasteiger partial charge on any atom is 0.340 e. The lowest BCUT2D eigenvalue weighted by atomic mass is 10.2. The Bertz CT molecular complexity index is 989. The molecule has 1 aliphatic rings. The first-order valence-electron chi connectivity index (χ1n) is 7.84. The second-order valence-corrected chi connectivity index (χ2v) is 7.18. The van der Waals surface area contributed by atoms with E-state index in [2.05, 4.69) is 4.72 Å². The van der Waals surface area contributed by atoms with Crippen LogP contribution in [0.1, 0.15) is 10.4 Å². The Morgan fingerprint density at radius 1 is 1.07 bits per heavy atom. The zero-order chi connectivity index (χ0) is 19.4. The molecule has 0 fully saturated rings. The van der Waals surface area contributed by atoms with E-state index in [-0.39, 0.29) is 16.1 Å². The molecule has 142 valence electrons. The molecule has 1 aliphatic heterocycles. The van der Waals surface area contributed by atoms with Gasteiger partial charge in [0.25, 0.3) is 15.9 Å². The van der Waals surface area contributed by atoms with Gasteiger partial charge in [-0.2, -0.15) is 0 Å². The van der Waals surface area contributed by atoms with Crippen LogP contribution in [0.4, 0.5) is 5.69 Å². The molecule has 0 radical (unpaired) electrons. The predicted octanol–water partition coefficient (Wildman–Crippen LogP) is 0.901. The Morgan fingerprint density at radius 2 is 1.78 bits per heavy atom. The lowest BCUT2D eigenvalue weighted by molar-refractivity contribution is -0.121. The maximum atomic E-state index is 12.7. The van der Waals surface area contributed by atoms with E-state index in [1.54, 1.807) is 6.07 Å². The van der Waals surface area contributed by atoms with Crippen molar-refractivity contribution in [3.05, 3.63) is 48.0 Å². The van der Waals surface area contributed by atoms with E-state index >= 15 is 0 Å². The molecule has 0 atom stereocenters. The average molecular weight is 392 g/mol. The number of amides is 1. The van der Waals surface area contributed by atoms with Crippen LogP contribution in [0.2, 0.25) is 0 Å². The van der Waals surface area contributed by atoms with Crippen LogP contribution in [-0.2, 0) is 19.6 Å². The zero-order valence-corrected chi connectivity index (χ0v) is 14.8. The van der Waals surface area contributed by atoms with E-state index in [9.17, 15) is 18.0 Å². The third-order valence-corrected chi connectivity index (χ3v) is 4.92. The van der Waals surface area contributed by atoms with Gasteiger partial charge in [-0.1, -0.05) is 12.1 Å². The molecule has 10 heteroatoms.